The second-order valence-electron chi connectivity index (χ2n) is 4.60. The molecule has 0 radical (unpaired) electrons. The Hall–Kier alpha value is -1.47. The van der Waals surface area contributed by atoms with Gasteiger partial charge in [0.1, 0.15) is 11.4 Å². The molecule has 1 aromatic heterocycles. The Balaban J connectivity index is 1.73. The molecule has 0 bridgehead atoms. The first-order valence-electron chi connectivity index (χ1n) is 6.10. The highest BCUT2D eigenvalue weighted by atomic mass is 16.6. The number of nitrogens with one attached hydrogen (secondary N) is 1. The quantitative estimate of drug-likeness (QED) is 0.749. The predicted molar refractivity (Wildman–Crippen MR) is 62.6 cm³/mol. The number of aliphatic hydroxyl groups excluding tert-OH is 1. The summed E-state index contributed by atoms with van der Waals surface area (Å²) in [5.41, 5.74) is 1.32. The molecule has 0 saturated carbocycles. The standard InChI is InChI=1S/C11H18N4O3/c1-8-10(14-18-13-8)5-12-11(17)7-15-4-2-3-9(16)6-15/h9,16H,2-7H2,1H3,(H,12,17). The minimum absolute atomic E-state index is 0.0773. The number of piperidine rings is 1. The molecule has 1 atom stereocenters. The fourth-order valence-electron chi connectivity index (χ4n) is 2.03. The van der Waals surface area contributed by atoms with Crippen molar-refractivity contribution >= 4 is 5.91 Å². The molecular weight excluding hydrogens is 236 g/mol. The Kier molecular flexibility index (Phi) is 4.27. The van der Waals surface area contributed by atoms with Crippen molar-refractivity contribution in [2.24, 2.45) is 0 Å². The van der Waals surface area contributed by atoms with Gasteiger partial charge < -0.3 is 10.4 Å². The molecule has 0 aromatic carbocycles. The van der Waals surface area contributed by atoms with Gasteiger partial charge in [0.25, 0.3) is 0 Å². The zero-order valence-electron chi connectivity index (χ0n) is 10.4. The second kappa shape index (κ2) is 5.92. The van der Waals surface area contributed by atoms with Gasteiger partial charge in [-0.2, -0.15) is 0 Å². The number of carbonyl (C=O) groups is 1. The van der Waals surface area contributed by atoms with E-state index in [1.165, 1.54) is 0 Å². The van der Waals surface area contributed by atoms with E-state index in [-0.39, 0.29) is 12.0 Å². The lowest BCUT2D eigenvalue weighted by Gasteiger charge is -2.29. The predicted octanol–water partition coefficient (Wildman–Crippen LogP) is -0.549. The zero-order valence-corrected chi connectivity index (χ0v) is 10.4. The maximum absolute atomic E-state index is 11.7. The Bertz CT molecular complexity index is 407. The zero-order chi connectivity index (χ0) is 13.0. The van der Waals surface area contributed by atoms with Gasteiger partial charge in [0.05, 0.1) is 19.2 Å². The van der Waals surface area contributed by atoms with Gasteiger partial charge in [0.2, 0.25) is 5.91 Å². The van der Waals surface area contributed by atoms with Crippen LogP contribution in [0.2, 0.25) is 0 Å². The van der Waals surface area contributed by atoms with Gasteiger partial charge in [-0.1, -0.05) is 10.3 Å². The number of likely N-dealkylation sites (tertiary alicyclic amines) is 1. The topological polar surface area (TPSA) is 91.5 Å². The van der Waals surface area contributed by atoms with E-state index in [1.54, 1.807) is 6.92 Å². The van der Waals surface area contributed by atoms with E-state index >= 15 is 0 Å². The van der Waals surface area contributed by atoms with Gasteiger partial charge >= 0.3 is 0 Å². The van der Waals surface area contributed by atoms with Crippen LogP contribution in [-0.4, -0.2) is 52.0 Å². The molecular formula is C11H18N4O3. The largest absolute Gasteiger partial charge is 0.392 e. The van der Waals surface area contributed by atoms with E-state index in [4.69, 9.17) is 0 Å². The molecule has 2 rings (SSSR count). The summed E-state index contributed by atoms with van der Waals surface area (Å²) in [6, 6.07) is 0. The average Bonchev–Trinajstić information content (AvgIpc) is 2.72. The van der Waals surface area contributed by atoms with E-state index in [2.05, 4.69) is 20.3 Å². The number of hydrogen-bond donors (Lipinski definition) is 2. The molecule has 7 nitrogen and oxygen atoms in total. The number of hydrogen-bond acceptors (Lipinski definition) is 6. The maximum Gasteiger partial charge on any atom is 0.234 e. The average molecular weight is 254 g/mol. The number of amides is 1. The first-order valence-corrected chi connectivity index (χ1v) is 6.10. The smallest absolute Gasteiger partial charge is 0.234 e. The minimum atomic E-state index is -0.312. The molecule has 1 aliphatic rings. The van der Waals surface area contributed by atoms with Crippen LogP contribution < -0.4 is 5.32 Å². The summed E-state index contributed by atoms with van der Waals surface area (Å²) in [5, 5.41) is 19.6. The summed E-state index contributed by atoms with van der Waals surface area (Å²) in [7, 11) is 0. The normalized spacial score (nSPS) is 20.9. The van der Waals surface area contributed by atoms with Gasteiger partial charge in [-0.05, 0) is 26.3 Å². The minimum Gasteiger partial charge on any atom is -0.392 e. The Morgan fingerprint density at radius 3 is 3.11 bits per heavy atom. The third-order valence-electron chi connectivity index (χ3n) is 3.05. The summed E-state index contributed by atoms with van der Waals surface area (Å²) >= 11 is 0. The number of nitrogens with zero attached hydrogens (tertiary/aromatic N) is 3. The lowest BCUT2D eigenvalue weighted by molar-refractivity contribution is -0.123. The summed E-state index contributed by atoms with van der Waals surface area (Å²) in [4.78, 5) is 13.7. The first-order chi connectivity index (χ1) is 8.65. The molecule has 2 N–H and O–H groups in total. The van der Waals surface area contributed by atoms with Crippen molar-refractivity contribution in [1.82, 2.24) is 20.5 Å². The number of rotatable bonds is 4. The molecule has 1 aliphatic heterocycles. The van der Waals surface area contributed by atoms with Crippen LogP contribution in [0.15, 0.2) is 4.63 Å². The number of β-amino-alcohol motifs (C(OH)–C–C–N with tert-alkyl or cyclic N) is 1. The number of aryl methyl sites for hydroxylation is 1. The highest BCUT2D eigenvalue weighted by Crippen LogP contribution is 2.09. The third-order valence-corrected chi connectivity index (χ3v) is 3.05. The van der Waals surface area contributed by atoms with Crippen LogP contribution in [-0.2, 0) is 11.3 Å². The lowest BCUT2D eigenvalue weighted by atomic mass is 10.1. The molecule has 0 spiro atoms. The molecule has 7 heteroatoms. The number of aromatic nitrogens is 2. The number of aliphatic hydroxyl groups is 1. The van der Waals surface area contributed by atoms with Crippen LogP contribution in [0.25, 0.3) is 0 Å². The summed E-state index contributed by atoms with van der Waals surface area (Å²) in [6.07, 6.45) is 1.44. The highest BCUT2D eigenvalue weighted by Gasteiger charge is 2.19. The van der Waals surface area contributed by atoms with Crippen LogP contribution >= 0.6 is 0 Å². The highest BCUT2D eigenvalue weighted by molar-refractivity contribution is 5.77. The van der Waals surface area contributed by atoms with Crippen LogP contribution in [0.5, 0.6) is 0 Å². The maximum atomic E-state index is 11.7. The second-order valence-corrected chi connectivity index (χ2v) is 4.60. The van der Waals surface area contributed by atoms with Gasteiger partial charge in [0.15, 0.2) is 0 Å². The van der Waals surface area contributed by atoms with Gasteiger partial charge in [-0.25, -0.2) is 4.63 Å². The van der Waals surface area contributed by atoms with E-state index in [1.807, 2.05) is 4.90 Å². The third kappa shape index (κ3) is 3.51. The molecule has 2 heterocycles. The SMILES string of the molecule is Cc1nonc1CNC(=O)CN1CCCC(O)C1. The lowest BCUT2D eigenvalue weighted by Crippen LogP contribution is -2.44. The first kappa shape index (κ1) is 13.0. The van der Waals surface area contributed by atoms with Crippen molar-refractivity contribution in [3.63, 3.8) is 0 Å². The van der Waals surface area contributed by atoms with Crippen LogP contribution in [0.1, 0.15) is 24.2 Å². The Morgan fingerprint density at radius 2 is 2.44 bits per heavy atom. The summed E-state index contributed by atoms with van der Waals surface area (Å²) < 4.78 is 4.55. The van der Waals surface area contributed by atoms with Crippen molar-refractivity contribution < 1.29 is 14.5 Å². The van der Waals surface area contributed by atoms with E-state index in [0.29, 0.717) is 31.0 Å². The molecule has 1 aromatic rings. The van der Waals surface area contributed by atoms with Gasteiger partial charge in [0, 0.05) is 6.54 Å². The van der Waals surface area contributed by atoms with Crippen LogP contribution in [0, 0.1) is 6.92 Å². The molecule has 1 unspecified atom stereocenters. The summed E-state index contributed by atoms with van der Waals surface area (Å²) in [6.45, 7) is 3.83. The van der Waals surface area contributed by atoms with Gasteiger partial charge in [-0.3, -0.25) is 9.69 Å². The molecule has 0 aliphatic carbocycles. The molecule has 1 fully saturated rings. The number of carbonyl (C=O) groups excluding carboxylic acids is 1. The van der Waals surface area contributed by atoms with E-state index in [0.717, 1.165) is 19.4 Å². The van der Waals surface area contributed by atoms with Crippen molar-refractivity contribution in [3.05, 3.63) is 11.4 Å². The molecule has 1 saturated heterocycles. The van der Waals surface area contributed by atoms with Gasteiger partial charge in [-0.15, -0.1) is 0 Å². The van der Waals surface area contributed by atoms with Crippen LogP contribution in [0.4, 0.5) is 0 Å². The van der Waals surface area contributed by atoms with Crippen molar-refractivity contribution in [1.29, 1.82) is 0 Å². The fraction of sp³-hybridized carbons (Fsp3) is 0.727. The summed E-state index contributed by atoms with van der Waals surface area (Å²) in [5.74, 6) is -0.0773. The Morgan fingerprint density at radius 1 is 1.61 bits per heavy atom. The molecule has 18 heavy (non-hydrogen) atoms. The fourth-order valence-corrected chi connectivity index (χ4v) is 2.03. The van der Waals surface area contributed by atoms with Crippen molar-refractivity contribution in [2.75, 3.05) is 19.6 Å². The van der Waals surface area contributed by atoms with Crippen molar-refractivity contribution in [3.8, 4) is 0 Å². The van der Waals surface area contributed by atoms with Crippen molar-refractivity contribution in [2.45, 2.75) is 32.4 Å². The molecule has 100 valence electrons. The Labute approximate surface area is 105 Å². The monoisotopic (exact) mass is 254 g/mol. The van der Waals surface area contributed by atoms with Crippen LogP contribution in [0.3, 0.4) is 0 Å². The van der Waals surface area contributed by atoms with E-state index < -0.39 is 0 Å². The molecule has 1 amide bonds. The van der Waals surface area contributed by atoms with E-state index in [9.17, 15) is 9.90 Å².